The van der Waals surface area contributed by atoms with Crippen LogP contribution < -0.4 is 15.4 Å². The average molecular weight is 400 g/mol. The third-order valence-corrected chi connectivity index (χ3v) is 4.14. The first-order chi connectivity index (χ1) is 13.9. The average Bonchev–Trinajstić information content (AvgIpc) is 2.70. The fourth-order valence-electron chi connectivity index (χ4n) is 2.61. The molecule has 0 saturated heterocycles. The van der Waals surface area contributed by atoms with Gasteiger partial charge >= 0.3 is 0 Å². The van der Waals surface area contributed by atoms with E-state index in [-0.39, 0.29) is 11.6 Å². The molecule has 0 saturated carbocycles. The van der Waals surface area contributed by atoms with E-state index in [1.807, 2.05) is 38.4 Å². The summed E-state index contributed by atoms with van der Waals surface area (Å²) in [7, 11) is 4.06. The summed E-state index contributed by atoms with van der Waals surface area (Å²) in [6, 6.07) is 13.6. The maximum atomic E-state index is 12.1. The van der Waals surface area contributed by atoms with Gasteiger partial charge in [0.05, 0.1) is 11.5 Å². The van der Waals surface area contributed by atoms with Crippen molar-refractivity contribution in [1.29, 1.82) is 0 Å². The second-order valence-corrected chi connectivity index (χ2v) is 6.91. The standard InChI is InChI=1S/C21H28N4O4/c1-24(2)15-4-16-29-20-12-8-18(9-13-20)23-21(26)5-3-14-22-17-6-10-19(11-7-17)25(27)28/h6-13,22H,3-5,14-16H2,1-2H3,(H,23,26). The van der Waals surface area contributed by atoms with Crippen LogP contribution in [-0.2, 0) is 4.79 Å². The molecular formula is C21H28N4O4. The number of non-ortho nitro benzene ring substituents is 1. The van der Waals surface area contributed by atoms with Crippen LogP contribution in [0.2, 0.25) is 0 Å². The van der Waals surface area contributed by atoms with E-state index in [1.165, 1.54) is 12.1 Å². The van der Waals surface area contributed by atoms with Crippen molar-refractivity contribution in [2.75, 3.05) is 44.4 Å². The molecule has 0 fully saturated rings. The lowest BCUT2D eigenvalue weighted by Gasteiger charge is -2.11. The fraction of sp³-hybridized carbons (Fsp3) is 0.381. The highest BCUT2D eigenvalue weighted by Gasteiger charge is 2.05. The zero-order chi connectivity index (χ0) is 21.1. The minimum atomic E-state index is -0.433. The second kappa shape index (κ2) is 11.7. The van der Waals surface area contributed by atoms with Crippen molar-refractivity contribution in [2.45, 2.75) is 19.3 Å². The maximum Gasteiger partial charge on any atom is 0.269 e. The quantitative estimate of drug-likeness (QED) is 0.320. The molecule has 0 aliphatic heterocycles. The van der Waals surface area contributed by atoms with Crippen molar-refractivity contribution in [3.63, 3.8) is 0 Å². The molecule has 2 aromatic rings. The number of nitro benzene ring substituents is 1. The van der Waals surface area contributed by atoms with Crippen molar-refractivity contribution in [3.05, 3.63) is 58.6 Å². The zero-order valence-electron chi connectivity index (χ0n) is 16.9. The van der Waals surface area contributed by atoms with Crippen LogP contribution >= 0.6 is 0 Å². The van der Waals surface area contributed by atoms with Gasteiger partial charge in [0, 0.05) is 43.0 Å². The number of benzene rings is 2. The van der Waals surface area contributed by atoms with Gasteiger partial charge in [-0.1, -0.05) is 0 Å². The van der Waals surface area contributed by atoms with Crippen LogP contribution in [-0.4, -0.2) is 49.5 Å². The van der Waals surface area contributed by atoms with E-state index in [4.69, 9.17) is 4.74 Å². The summed E-state index contributed by atoms with van der Waals surface area (Å²) in [6.45, 7) is 2.24. The molecule has 8 nitrogen and oxygen atoms in total. The minimum absolute atomic E-state index is 0.0555. The number of nitrogens with one attached hydrogen (secondary N) is 2. The van der Waals surface area contributed by atoms with Crippen LogP contribution in [0.3, 0.4) is 0 Å². The summed E-state index contributed by atoms with van der Waals surface area (Å²) in [4.78, 5) is 24.4. The molecule has 8 heteroatoms. The molecule has 0 atom stereocenters. The smallest absolute Gasteiger partial charge is 0.269 e. The third-order valence-electron chi connectivity index (χ3n) is 4.14. The third kappa shape index (κ3) is 8.61. The molecule has 0 bridgehead atoms. The van der Waals surface area contributed by atoms with Crippen LogP contribution in [0.25, 0.3) is 0 Å². The first kappa shape index (κ1) is 22.2. The lowest BCUT2D eigenvalue weighted by Crippen LogP contribution is -2.15. The highest BCUT2D eigenvalue weighted by molar-refractivity contribution is 5.90. The van der Waals surface area contributed by atoms with Crippen molar-refractivity contribution < 1.29 is 14.5 Å². The lowest BCUT2D eigenvalue weighted by atomic mass is 10.2. The van der Waals surface area contributed by atoms with Crippen molar-refractivity contribution in [2.24, 2.45) is 0 Å². The van der Waals surface area contributed by atoms with Gasteiger partial charge in [-0.05, 0) is 63.3 Å². The normalized spacial score (nSPS) is 10.6. The van der Waals surface area contributed by atoms with Gasteiger partial charge in [-0.15, -0.1) is 0 Å². The number of carbonyl (C=O) groups excluding carboxylic acids is 1. The van der Waals surface area contributed by atoms with Gasteiger partial charge in [0.15, 0.2) is 0 Å². The molecule has 0 unspecified atom stereocenters. The van der Waals surface area contributed by atoms with Gasteiger partial charge < -0.3 is 20.3 Å². The van der Waals surface area contributed by atoms with E-state index in [0.717, 1.165) is 30.1 Å². The Morgan fingerprint density at radius 2 is 1.69 bits per heavy atom. The molecule has 0 heterocycles. The highest BCUT2D eigenvalue weighted by atomic mass is 16.6. The number of nitro groups is 1. The number of hydrogen-bond donors (Lipinski definition) is 2. The predicted molar refractivity (Wildman–Crippen MR) is 115 cm³/mol. The van der Waals surface area contributed by atoms with E-state index in [0.29, 0.717) is 26.0 Å². The predicted octanol–water partition coefficient (Wildman–Crippen LogP) is 3.76. The largest absolute Gasteiger partial charge is 0.494 e. The van der Waals surface area contributed by atoms with Crippen molar-refractivity contribution >= 4 is 23.0 Å². The monoisotopic (exact) mass is 400 g/mol. The number of hydrogen-bond acceptors (Lipinski definition) is 6. The molecule has 2 rings (SSSR count). The Bertz CT molecular complexity index is 776. The minimum Gasteiger partial charge on any atom is -0.494 e. The Hall–Kier alpha value is -3.13. The molecular weight excluding hydrogens is 372 g/mol. The molecule has 2 N–H and O–H groups in total. The van der Waals surface area contributed by atoms with Gasteiger partial charge in [0.2, 0.25) is 5.91 Å². The Kier molecular flexibility index (Phi) is 8.91. The van der Waals surface area contributed by atoms with Gasteiger partial charge in [0.25, 0.3) is 5.69 Å². The first-order valence-corrected chi connectivity index (χ1v) is 9.60. The van der Waals surface area contributed by atoms with Crippen molar-refractivity contribution in [3.8, 4) is 5.75 Å². The summed E-state index contributed by atoms with van der Waals surface area (Å²) in [5.74, 6) is 0.726. The molecule has 29 heavy (non-hydrogen) atoms. The summed E-state index contributed by atoms with van der Waals surface area (Å²) in [5.41, 5.74) is 1.58. The second-order valence-electron chi connectivity index (χ2n) is 6.91. The summed E-state index contributed by atoms with van der Waals surface area (Å²) in [5, 5.41) is 16.6. The van der Waals surface area contributed by atoms with Gasteiger partial charge in [-0.25, -0.2) is 0 Å². The molecule has 0 aliphatic rings. The van der Waals surface area contributed by atoms with Gasteiger partial charge in [0.1, 0.15) is 5.75 Å². The lowest BCUT2D eigenvalue weighted by molar-refractivity contribution is -0.384. The number of ether oxygens (including phenoxy) is 1. The fourth-order valence-corrected chi connectivity index (χ4v) is 2.61. The van der Waals surface area contributed by atoms with E-state index in [9.17, 15) is 14.9 Å². The van der Waals surface area contributed by atoms with Crippen LogP contribution in [0.1, 0.15) is 19.3 Å². The van der Waals surface area contributed by atoms with E-state index >= 15 is 0 Å². The molecule has 156 valence electrons. The van der Waals surface area contributed by atoms with E-state index < -0.39 is 4.92 Å². The summed E-state index contributed by atoms with van der Waals surface area (Å²) < 4.78 is 5.67. The maximum absolute atomic E-state index is 12.1. The van der Waals surface area contributed by atoms with Gasteiger partial charge in [-0.3, -0.25) is 14.9 Å². The zero-order valence-corrected chi connectivity index (χ0v) is 16.9. The molecule has 0 aliphatic carbocycles. The van der Waals surface area contributed by atoms with Crippen LogP contribution in [0.5, 0.6) is 5.75 Å². The number of carbonyl (C=O) groups is 1. The molecule has 0 spiro atoms. The topological polar surface area (TPSA) is 96.7 Å². The summed E-state index contributed by atoms with van der Waals surface area (Å²) in [6.07, 6.45) is 1.98. The van der Waals surface area contributed by atoms with Crippen LogP contribution in [0.15, 0.2) is 48.5 Å². The Labute approximate surface area is 171 Å². The Morgan fingerprint density at radius 1 is 1.03 bits per heavy atom. The van der Waals surface area contributed by atoms with E-state index in [2.05, 4.69) is 15.5 Å². The van der Waals surface area contributed by atoms with Gasteiger partial charge in [-0.2, -0.15) is 0 Å². The number of anilines is 2. The Balaban J connectivity index is 1.64. The molecule has 0 radical (unpaired) electrons. The number of nitrogens with zero attached hydrogens (tertiary/aromatic N) is 2. The highest BCUT2D eigenvalue weighted by Crippen LogP contribution is 2.17. The van der Waals surface area contributed by atoms with Crippen molar-refractivity contribution in [1.82, 2.24) is 4.90 Å². The number of amides is 1. The molecule has 2 aromatic carbocycles. The molecule has 0 aromatic heterocycles. The summed E-state index contributed by atoms with van der Waals surface area (Å²) >= 11 is 0. The first-order valence-electron chi connectivity index (χ1n) is 9.60. The SMILES string of the molecule is CN(C)CCCOc1ccc(NC(=O)CCCNc2ccc([N+](=O)[O-])cc2)cc1. The van der Waals surface area contributed by atoms with E-state index in [1.54, 1.807) is 12.1 Å². The Morgan fingerprint density at radius 3 is 2.31 bits per heavy atom. The van der Waals surface area contributed by atoms with Crippen LogP contribution in [0, 0.1) is 10.1 Å². The van der Waals surface area contributed by atoms with Crippen LogP contribution in [0.4, 0.5) is 17.1 Å². The molecule has 1 amide bonds. The number of rotatable bonds is 12.